The first-order valence-electron chi connectivity index (χ1n) is 5.81. The number of likely N-dealkylation sites (tertiary alicyclic amines) is 1. The average molecular weight is 241 g/mol. The van der Waals surface area contributed by atoms with Gasteiger partial charge in [-0.25, -0.2) is 0 Å². The second-order valence-electron chi connectivity index (χ2n) is 4.18. The summed E-state index contributed by atoms with van der Waals surface area (Å²) in [6.45, 7) is 2.68. The minimum atomic E-state index is -0.175. The second kappa shape index (κ2) is 6.34. The standard InChI is InChI=1S/C11H19N3O3/c1-8(12-2)7-13-9(15)5-6-14-10(16)3-4-11(14)17/h8,12H,3-7H2,1-2H3,(H,13,15). The summed E-state index contributed by atoms with van der Waals surface area (Å²) in [4.78, 5) is 35.2. The highest BCUT2D eigenvalue weighted by Gasteiger charge is 2.28. The van der Waals surface area contributed by atoms with Gasteiger partial charge in [-0.05, 0) is 14.0 Å². The zero-order valence-corrected chi connectivity index (χ0v) is 10.3. The number of hydrogen-bond acceptors (Lipinski definition) is 4. The summed E-state index contributed by atoms with van der Waals surface area (Å²) in [6, 6.07) is 0.203. The number of nitrogens with one attached hydrogen (secondary N) is 2. The van der Waals surface area contributed by atoms with Gasteiger partial charge in [0.15, 0.2) is 0 Å². The van der Waals surface area contributed by atoms with E-state index >= 15 is 0 Å². The topological polar surface area (TPSA) is 78.5 Å². The molecule has 2 N–H and O–H groups in total. The van der Waals surface area contributed by atoms with Gasteiger partial charge in [0, 0.05) is 38.4 Å². The number of likely N-dealkylation sites (N-methyl/N-ethyl adjacent to an activating group) is 1. The van der Waals surface area contributed by atoms with Gasteiger partial charge in [0.05, 0.1) is 0 Å². The van der Waals surface area contributed by atoms with E-state index in [1.165, 1.54) is 4.90 Å². The molecule has 1 unspecified atom stereocenters. The Kier molecular flexibility index (Phi) is 5.09. The molecule has 0 saturated carbocycles. The summed E-state index contributed by atoms with van der Waals surface area (Å²) in [5.41, 5.74) is 0. The molecule has 0 spiro atoms. The van der Waals surface area contributed by atoms with Gasteiger partial charge in [0.1, 0.15) is 0 Å². The van der Waals surface area contributed by atoms with Crippen LogP contribution < -0.4 is 10.6 Å². The zero-order chi connectivity index (χ0) is 12.8. The van der Waals surface area contributed by atoms with Gasteiger partial charge < -0.3 is 10.6 Å². The molecular weight excluding hydrogens is 222 g/mol. The van der Waals surface area contributed by atoms with Crippen LogP contribution >= 0.6 is 0 Å². The second-order valence-corrected chi connectivity index (χ2v) is 4.18. The van der Waals surface area contributed by atoms with Crippen molar-refractivity contribution < 1.29 is 14.4 Å². The molecule has 0 bridgehead atoms. The number of hydrogen-bond donors (Lipinski definition) is 2. The maximum Gasteiger partial charge on any atom is 0.229 e. The van der Waals surface area contributed by atoms with Crippen molar-refractivity contribution in [1.29, 1.82) is 0 Å². The molecule has 3 amide bonds. The molecule has 1 fully saturated rings. The molecular formula is C11H19N3O3. The third kappa shape index (κ3) is 4.14. The Morgan fingerprint density at radius 1 is 1.35 bits per heavy atom. The lowest BCUT2D eigenvalue weighted by Gasteiger charge is -2.14. The van der Waals surface area contributed by atoms with Crippen LogP contribution in [0.5, 0.6) is 0 Å². The molecule has 1 saturated heterocycles. The maximum absolute atomic E-state index is 11.4. The fourth-order valence-corrected chi connectivity index (χ4v) is 1.54. The Bertz CT molecular complexity index is 301. The van der Waals surface area contributed by atoms with Crippen LogP contribution in [0.25, 0.3) is 0 Å². The quantitative estimate of drug-likeness (QED) is 0.600. The molecule has 1 aliphatic rings. The summed E-state index contributed by atoms with van der Waals surface area (Å²) in [7, 11) is 1.82. The van der Waals surface area contributed by atoms with E-state index in [1.54, 1.807) is 0 Å². The van der Waals surface area contributed by atoms with E-state index in [0.717, 1.165) is 0 Å². The lowest BCUT2D eigenvalue weighted by molar-refractivity contribution is -0.138. The first-order valence-corrected chi connectivity index (χ1v) is 5.81. The van der Waals surface area contributed by atoms with Crippen molar-refractivity contribution in [2.45, 2.75) is 32.2 Å². The summed E-state index contributed by atoms with van der Waals surface area (Å²) < 4.78 is 0. The number of nitrogens with zero attached hydrogens (tertiary/aromatic N) is 1. The Labute approximate surface area is 101 Å². The van der Waals surface area contributed by atoms with Crippen LogP contribution in [0.1, 0.15) is 26.2 Å². The van der Waals surface area contributed by atoms with Crippen LogP contribution in [-0.4, -0.2) is 48.8 Å². The molecule has 0 aromatic rings. The molecule has 6 nitrogen and oxygen atoms in total. The molecule has 1 atom stereocenters. The maximum atomic E-state index is 11.4. The average Bonchev–Trinajstić information content (AvgIpc) is 2.63. The highest BCUT2D eigenvalue weighted by molar-refractivity contribution is 6.02. The summed E-state index contributed by atoms with van der Waals surface area (Å²) >= 11 is 0. The van der Waals surface area contributed by atoms with Crippen LogP contribution in [0.15, 0.2) is 0 Å². The predicted molar refractivity (Wildman–Crippen MR) is 62.1 cm³/mol. The molecule has 1 aliphatic heterocycles. The van der Waals surface area contributed by atoms with Crippen molar-refractivity contribution in [3.8, 4) is 0 Å². The lowest BCUT2D eigenvalue weighted by atomic mass is 10.3. The van der Waals surface area contributed by atoms with Crippen LogP contribution in [0.3, 0.4) is 0 Å². The van der Waals surface area contributed by atoms with Crippen molar-refractivity contribution in [3.63, 3.8) is 0 Å². The van der Waals surface area contributed by atoms with Gasteiger partial charge in [-0.2, -0.15) is 0 Å². The molecule has 96 valence electrons. The normalized spacial score (nSPS) is 17.4. The molecule has 0 aromatic heterocycles. The molecule has 1 rings (SSSR count). The Morgan fingerprint density at radius 2 is 1.94 bits per heavy atom. The lowest BCUT2D eigenvalue weighted by Crippen LogP contribution is -2.39. The molecule has 0 aliphatic carbocycles. The minimum Gasteiger partial charge on any atom is -0.354 e. The van der Waals surface area contributed by atoms with Crippen molar-refractivity contribution in [2.24, 2.45) is 0 Å². The monoisotopic (exact) mass is 241 g/mol. The largest absolute Gasteiger partial charge is 0.354 e. The SMILES string of the molecule is CNC(C)CNC(=O)CCN1C(=O)CCC1=O. The summed E-state index contributed by atoms with van der Waals surface area (Å²) in [5, 5.41) is 5.73. The first kappa shape index (κ1) is 13.6. The molecule has 1 heterocycles. The van der Waals surface area contributed by atoms with Gasteiger partial charge >= 0.3 is 0 Å². The van der Waals surface area contributed by atoms with Crippen LogP contribution in [0.4, 0.5) is 0 Å². The van der Waals surface area contributed by atoms with E-state index in [1.807, 2.05) is 14.0 Å². The van der Waals surface area contributed by atoms with Crippen LogP contribution in [0, 0.1) is 0 Å². The Balaban J connectivity index is 2.24. The van der Waals surface area contributed by atoms with E-state index < -0.39 is 0 Å². The highest BCUT2D eigenvalue weighted by Crippen LogP contribution is 2.11. The molecule has 17 heavy (non-hydrogen) atoms. The molecule has 6 heteroatoms. The Morgan fingerprint density at radius 3 is 2.47 bits per heavy atom. The first-order chi connectivity index (χ1) is 8.04. The zero-order valence-electron chi connectivity index (χ0n) is 10.3. The number of carbonyl (C=O) groups is 3. The van der Waals surface area contributed by atoms with E-state index in [9.17, 15) is 14.4 Å². The predicted octanol–water partition coefficient (Wildman–Crippen LogP) is -0.750. The minimum absolute atomic E-state index is 0.139. The third-order valence-corrected chi connectivity index (χ3v) is 2.82. The fraction of sp³-hybridized carbons (Fsp3) is 0.727. The smallest absolute Gasteiger partial charge is 0.229 e. The summed E-state index contributed by atoms with van der Waals surface area (Å²) in [6.07, 6.45) is 0.725. The fourth-order valence-electron chi connectivity index (χ4n) is 1.54. The number of rotatable bonds is 6. The number of amides is 3. The Hall–Kier alpha value is -1.43. The molecule has 0 radical (unpaired) electrons. The van der Waals surface area contributed by atoms with Crippen molar-refractivity contribution in [3.05, 3.63) is 0 Å². The van der Waals surface area contributed by atoms with Crippen LogP contribution in [0.2, 0.25) is 0 Å². The van der Waals surface area contributed by atoms with Gasteiger partial charge in [-0.15, -0.1) is 0 Å². The van der Waals surface area contributed by atoms with Gasteiger partial charge in [0.2, 0.25) is 17.7 Å². The van der Waals surface area contributed by atoms with Gasteiger partial charge in [0.25, 0.3) is 0 Å². The highest BCUT2D eigenvalue weighted by atomic mass is 16.2. The van der Waals surface area contributed by atoms with Crippen molar-refractivity contribution in [1.82, 2.24) is 15.5 Å². The van der Waals surface area contributed by atoms with Crippen molar-refractivity contribution in [2.75, 3.05) is 20.1 Å². The number of imide groups is 1. The van der Waals surface area contributed by atoms with Crippen molar-refractivity contribution >= 4 is 17.7 Å². The third-order valence-electron chi connectivity index (χ3n) is 2.82. The van der Waals surface area contributed by atoms with E-state index in [-0.39, 0.29) is 49.6 Å². The van der Waals surface area contributed by atoms with Gasteiger partial charge in [-0.3, -0.25) is 19.3 Å². The molecule has 0 aromatic carbocycles. The van der Waals surface area contributed by atoms with E-state index in [0.29, 0.717) is 6.54 Å². The van der Waals surface area contributed by atoms with Gasteiger partial charge in [-0.1, -0.05) is 0 Å². The van der Waals surface area contributed by atoms with E-state index in [4.69, 9.17) is 0 Å². The number of carbonyl (C=O) groups excluding carboxylic acids is 3. The van der Waals surface area contributed by atoms with E-state index in [2.05, 4.69) is 10.6 Å². The summed E-state index contributed by atoms with van der Waals surface area (Å²) in [5.74, 6) is -0.489. The van der Waals surface area contributed by atoms with Crippen LogP contribution in [-0.2, 0) is 14.4 Å².